The SMILES string of the molecule is C[C@@H](NC(=O)C[NH+]1CCN(S(=O)(=O)c2c(Cl)cccc2Cl)CC1)C1CC1. The molecule has 144 valence electrons. The lowest BCUT2D eigenvalue weighted by atomic mass is 10.2. The maximum Gasteiger partial charge on any atom is 0.275 e. The van der Waals surface area contributed by atoms with Crippen LogP contribution in [0.1, 0.15) is 19.8 Å². The second-order valence-electron chi connectivity index (χ2n) is 7.08. The molecule has 1 saturated carbocycles. The van der Waals surface area contributed by atoms with Crippen LogP contribution < -0.4 is 10.2 Å². The summed E-state index contributed by atoms with van der Waals surface area (Å²) in [5.74, 6) is 0.654. The Morgan fingerprint density at radius 1 is 1.27 bits per heavy atom. The fourth-order valence-corrected chi connectivity index (χ4v) is 5.86. The third-order valence-corrected chi connectivity index (χ3v) is 7.93. The van der Waals surface area contributed by atoms with Crippen LogP contribution in [0.15, 0.2) is 23.1 Å². The van der Waals surface area contributed by atoms with E-state index in [1.54, 1.807) is 6.07 Å². The van der Waals surface area contributed by atoms with Crippen LogP contribution >= 0.6 is 23.2 Å². The molecule has 0 unspecified atom stereocenters. The molecule has 1 amide bonds. The van der Waals surface area contributed by atoms with E-state index >= 15 is 0 Å². The van der Waals surface area contributed by atoms with Crippen molar-refractivity contribution in [3.63, 3.8) is 0 Å². The van der Waals surface area contributed by atoms with Crippen molar-refractivity contribution in [3.8, 4) is 0 Å². The topological polar surface area (TPSA) is 70.9 Å². The van der Waals surface area contributed by atoms with Crippen LogP contribution in [-0.4, -0.2) is 57.4 Å². The van der Waals surface area contributed by atoms with Crippen LogP contribution in [0.25, 0.3) is 0 Å². The van der Waals surface area contributed by atoms with Crippen molar-refractivity contribution in [3.05, 3.63) is 28.2 Å². The molecule has 1 heterocycles. The second kappa shape index (κ2) is 8.02. The molecule has 1 aromatic carbocycles. The number of piperazine rings is 1. The summed E-state index contributed by atoms with van der Waals surface area (Å²) in [4.78, 5) is 13.2. The van der Waals surface area contributed by atoms with Crippen LogP contribution in [0.4, 0.5) is 0 Å². The molecule has 0 aromatic heterocycles. The van der Waals surface area contributed by atoms with Gasteiger partial charge in [-0.25, -0.2) is 8.42 Å². The maximum absolute atomic E-state index is 12.9. The van der Waals surface area contributed by atoms with Crippen LogP contribution in [-0.2, 0) is 14.8 Å². The van der Waals surface area contributed by atoms with Crippen molar-refractivity contribution in [2.75, 3.05) is 32.7 Å². The number of carbonyl (C=O) groups is 1. The molecule has 9 heteroatoms. The van der Waals surface area contributed by atoms with Crippen molar-refractivity contribution in [1.29, 1.82) is 0 Å². The number of quaternary nitrogens is 1. The number of benzene rings is 1. The van der Waals surface area contributed by atoms with Gasteiger partial charge < -0.3 is 10.2 Å². The molecule has 2 fully saturated rings. The Hall–Kier alpha value is -0.860. The number of hydrogen-bond donors (Lipinski definition) is 2. The van der Waals surface area contributed by atoms with E-state index in [0.717, 1.165) is 4.90 Å². The lowest BCUT2D eigenvalue weighted by Crippen LogP contribution is -3.15. The number of sulfonamides is 1. The number of amides is 1. The summed E-state index contributed by atoms with van der Waals surface area (Å²) in [5, 5.41) is 3.30. The highest BCUT2D eigenvalue weighted by atomic mass is 35.5. The zero-order valence-electron chi connectivity index (χ0n) is 14.7. The van der Waals surface area contributed by atoms with E-state index in [1.807, 2.05) is 6.92 Å². The minimum atomic E-state index is -3.74. The molecule has 2 aliphatic rings. The number of rotatable bonds is 6. The third-order valence-electron chi connectivity index (χ3n) is 5.07. The number of nitrogens with one attached hydrogen (secondary N) is 2. The normalized spacial score (nSPS) is 20.7. The van der Waals surface area contributed by atoms with Crippen molar-refractivity contribution in [2.24, 2.45) is 5.92 Å². The van der Waals surface area contributed by atoms with E-state index in [4.69, 9.17) is 23.2 Å². The van der Waals surface area contributed by atoms with Gasteiger partial charge in [0, 0.05) is 6.04 Å². The largest absolute Gasteiger partial charge is 0.348 e. The second-order valence-corrected chi connectivity index (χ2v) is 9.76. The van der Waals surface area contributed by atoms with Gasteiger partial charge in [0.1, 0.15) is 4.90 Å². The Balaban J connectivity index is 1.57. The average molecular weight is 421 g/mol. The van der Waals surface area contributed by atoms with Crippen molar-refractivity contribution in [1.82, 2.24) is 9.62 Å². The molecule has 2 N–H and O–H groups in total. The van der Waals surface area contributed by atoms with Crippen LogP contribution in [0, 0.1) is 5.92 Å². The standard InChI is InChI=1S/C17H23Cl2N3O3S/c1-12(13-5-6-13)20-16(23)11-21-7-9-22(10-8-21)26(24,25)17-14(18)3-2-4-15(17)19/h2-4,12-13H,5-11H2,1H3,(H,20,23)/p+1/t12-/m1/s1. The van der Waals surface area contributed by atoms with Gasteiger partial charge in [0.05, 0.1) is 36.2 Å². The van der Waals surface area contributed by atoms with Gasteiger partial charge in [0.15, 0.2) is 6.54 Å². The molecule has 0 spiro atoms. The van der Waals surface area contributed by atoms with Gasteiger partial charge in [-0.05, 0) is 37.8 Å². The molecule has 1 saturated heterocycles. The highest BCUT2D eigenvalue weighted by molar-refractivity contribution is 7.89. The minimum Gasteiger partial charge on any atom is -0.348 e. The highest BCUT2D eigenvalue weighted by Gasteiger charge is 2.34. The molecule has 1 aromatic rings. The summed E-state index contributed by atoms with van der Waals surface area (Å²) < 4.78 is 27.1. The Kier molecular flexibility index (Phi) is 6.14. The van der Waals surface area contributed by atoms with Crippen molar-refractivity contribution in [2.45, 2.75) is 30.7 Å². The van der Waals surface area contributed by atoms with Crippen molar-refractivity contribution >= 4 is 39.1 Å². The summed E-state index contributed by atoms with van der Waals surface area (Å²) in [6.07, 6.45) is 2.38. The molecule has 0 radical (unpaired) electrons. The number of carbonyl (C=O) groups excluding carboxylic acids is 1. The first kappa shape index (κ1) is 19.9. The molecule has 0 bridgehead atoms. The quantitative estimate of drug-likeness (QED) is 0.714. The molecular weight excluding hydrogens is 397 g/mol. The average Bonchev–Trinajstić information content (AvgIpc) is 3.39. The van der Waals surface area contributed by atoms with Gasteiger partial charge >= 0.3 is 0 Å². The smallest absolute Gasteiger partial charge is 0.275 e. The monoisotopic (exact) mass is 420 g/mol. The lowest BCUT2D eigenvalue weighted by molar-refractivity contribution is -0.895. The first-order valence-electron chi connectivity index (χ1n) is 8.86. The predicted octanol–water partition coefficient (Wildman–Crippen LogP) is 0.797. The molecule has 3 rings (SSSR count). The molecule has 1 aliphatic heterocycles. The summed E-state index contributed by atoms with van der Waals surface area (Å²) in [6.45, 7) is 4.25. The van der Waals surface area contributed by atoms with Gasteiger partial charge in [-0.2, -0.15) is 4.31 Å². The maximum atomic E-state index is 12.9. The third kappa shape index (κ3) is 4.51. The Bertz CT molecular complexity index is 755. The van der Waals surface area contributed by atoms with E-state index in [0.29, 0.717) is 38.6 Å². The van der Waals surface area contributed by atoms with E-state index < -0.39 is 10.0 Å². The Labute approximate surface area is 164 Å². The highest BCUT2D eigenvalue weighted by Crippen LogP contribution is 2.32. The van der Waals surface area contributed by atoms with Gasteiger partial charge in [-0.15, -0.1) is 0 Å². The Morgan fingerprint density at radius 3 is 2.38 bits per heavy atom. The zero-order chi connectivity index (χ0) is 18.9. The van der Waals surface area contributed by atoms with Gasteiger partial charge in [0.2, 0.25) is 10.0 Å². The first-order valence-corrected chi connectivity index (χ1v) is 11.1. The molecule has 1 aliphatic carbocycles. The minimum absolute atomic E-state index is 0.0323. The summed E-state index contributed by atoms with van der Waals surface area (Å²) >= 11 is 12.1. The van der Waals surface area contributed by atoms with Crippen LogP contribution in [0.2, 0.25) is 10.0 Å². The van der Waals surface area contributed by atoms with Crippen LogP contribution in [0.3, 0.4) is 0 Å². The van der Waals surface area contributed by atoms with Crippen molar-refractivity contribution < 1.29 is 18.1 Å². The summed E-state index contributed by atoms with van der Waals surface area (Å²) in [7, 11) is -3.74. The summed E-state index contributed by atoms with van der Waals surface area (Å²) in [5.41, 5.74) is 0. The predicted molar refractivity (Wildman–Crippen MR) is 101 cm³/mol. The van der Waals surface area contributed by atoms with E-state index in [9.17, 15) is 13.2 Å². The molecular formula is C17H24Cl2N3O3S+. The molecule has 6 nitrogen and oxygen atoms in total. The van der Waals surface area contributed by atoms with Gasteiger partial charge in [0.25, 0.3) is 5.91 Å². The van der Waals surface area contributed by atoms with Crippen LogP contribution in [0.5, 0.6) is 0 Å². The molecule has 26 heavy (non-hydrogen) atoms. The molecule has 1 atom stereocenters. The zero-order valence-corrected chi connectivity index (χ0v) is 17.0. The number of halogens is 2. The first-order chi connectivity index (χ1) is 12.3. The van der Waals surface area contributed by atoms with Gasteiger partial charge in [-0.3, -0.25) is 4.79 Å². The number of hydrogen-bond acceptors (Lipinski definition) is 3. The lowest BCUT2D eigenvalue weighted by Gasteiger charge is -2.31. The fourth-order valence-electron chi connectivity index (χ4n) is 3.32. The number of nitrogens with zero attached hydrogens (tertiary/aromatic N) is 1. The van der Waals surface area contributed by atoms with Gasteiger partial charge in [-0.1, -0.05) is 29.3 Å². The fraction of sp³-hybridized carbons (Fsp3) is 0.588. The Morgan fingerprint density at radius 2 is 1.85 bits per heavy atom. The van der Waals surface area contributed by atoms with E-state index in [2.05, 4.69) is 5.32 Å². The van der Waals surface area contributed by atoms with E-state index in [1.165, 1.54) is 29.3 Å². The summed E-state index contributed by atoms with van der Waals surface area (Å²) in [6, 6.07) is 4.89. The van der Waals surface area contributed by atoms with E-state index in [-0.39, 0.29) is 26.9 Å².